The number of hydrogen-bond acceptors (Lipinski definition) is 3. The number of carboxylic acids is 1. The van der Waals surface area contributed by atoms with Gasteiger partial charge in [0.05, 0.1) is 25.0 Å². The molecule has 20 heavy (non-hydrogen) atoms. The summed E-state index contributed by atoms with van der Waals surface area (Å²) in [5, 5.41) is 12.1. The Kier molecular flexibility index (Phi) is 4.60. The first-order valence-electron chi connectivity index (χ1n) is 6.91. The zero-order valence-corrected chi connectivity index (χ0v) is 11.7. The van der Waals surface area contributed by atoms with Crippen LogP contribution >= 0.6 is 0 Å². The average molecular weight is 279 g/mol. The number of nitrogens with one attached hydrogen (secondary N) is 1. The zero-order valence-electron chi connectivity index (χ0n) is 11.7. The lowest BCUT2D eigenvalue weighted by atomic mass is 9.82. The van der Waals surface area contributed by atoms with Gasteiger partial charge in [0.25, 0.3) is 0 Å². The highest BCUT2D eigenvalue weighted by Gasteiger charge is 2.51. The number of carboxylic acid groups (broad SMARTS) is 1. The summed E-state index contributed by atoms with van der Waals surface area (Å²) in [5.41, 5.74) is 0.931. The largest absolute Gasteiger partial charge is 0.481 e. The number of carbonyl (C=O) groups is 2. The second-order valence-electron chi connectivity index (χ2n) is 5.64. The fraction of sp³-hybridized carbons (Fsp3) is 0.600. The van der Waals surface area contributed by atoms with Crippen molar-refractivity contribution in [2.75, 3.05) is 19.8 Å². The van der Waals surface area contributed by atoms with Crippen molar-refractivity contribution in [3.05, 3.63) is 24.3 Å². The molecule has 0 spiro atoms. The van der Waals surface area contributed by atoms with Gasteiger partial charge < -0.3 is 15.2 Å². The molecule has 2 rings (SSSR count). The van der Waals surface area contributed by atoms with Crippen molar-refractivity contribution in [3.63, 3.8) is 0 Å². The van der Waals surface area contributed by atoms with Crippen molar-refractivity contribution in [1.82, 2.24) is 5.32 Å². The highest BCUT2D eigenvalue weighted by molar-refractivity contribution is 5.86. The van der Waals surface area contributed by atoms with Gasteiger partial charge in [-0.2, -0.15) is 0 Å². The van der Waals surface area contributed by atoms with Crippen molar-refractivity contribution < 1.29 is 19.4 Å². The van der Waals surface area contributed by atoms with Gasteiger partial charge in [0.2, 0.25) is 5.91 Å². The lowest BCUT2D eigenvalue weighted by Gasteiger charge is -2.23. The highest BCUT2D eigenvalue weighted by atomic mass is 16.5. The van der Waals surface area contributed by atoms with E-state index in [-0.39, 0.29) is 17.7 Å². The lowest BCUT2D eigenvalue weighted by Crippen LogP contribution is -2.41. The van der Waals surface area contributed by atoms with Crippen molar-refractivity contribution in [2.24, 2.45) is 23.7 Å². The number of rotatable bonds is 7. The Hall–Kier alpha value is -1.62. The van der Waals surface area contributed by atoms with Crippen LogP contribution in [0.3, 0.4) is 0 Å². The van der Waals surface area contributed by atoms with Gasteiger partial charge in [-0.3, -0.25) is 9.59 Å². The predicted molar refractivity (Wildman–Crippen MR) is 74.0 cm³/mol. The smallest absolute Gasteiger partial charge is 0.307 e. The fourth-order valence-corrected chi connectivity index (χ4v) is 3.13. The molecule has 4 atom stereocenters. The summed E-state index contributed by atoms with van der Waals surface area (Å²) in [6.45, 7) is 6.88. The fourth-order valence-electron chi connectivity index (χ4n) is 3.13. The molecular formula is C15H21NO4. The van der Waals surface area contributed by atoms with E-state index in [0.717, 1.165) is 12.0 Å². The van der Waals surface area contributed by atoms with Gasteiger partial charge in [0.15, 0.2) is 0 Å². The second kappa shape index (κ2) is 6.22. The van der Waals surface area contributed by atoms with Crippen molar-refractivity contribution in [2.45, 2.75) is 13.3 Å². The molecule has 1 saturated carbocycles. The van der Waals surface area contributed by atoms with Crippen molar-refractivity contribution in [1.29, 1.82) is 0 Å². The van der Waals surface area contributed by atoms with Crippen LogP contribution in [0, 0.1) is 23.7 Å². The monoisotopic (exact) mass is 279 g/mol. The van der Waals surface area contributed by atoms with Gasteiger partial charge in [-0.15, -0.1) is 0 Å². The van der Waals surface area contributed by atoms with Crippen LogP contribution in [0.1, 0.15) is 13.3 Å². The molecule has 0 aromatic carbocycles. The molecule has 0 radical (unpaired) electrons. The Bertz CT molecular complexity index is 443. The number of fused-ring (bicyclic) bond motifs is 2. The first kappa shape index (κ1) is 14.8. The molecule has 0 saturated heterocycles. The predicted octanol–water partition coefficient (Wildman–Crippen LogP) is 1.22. The molecule has 0 heterocycles. The van der Waals surface area contributed by atoms with E-state index < -0.39 is 17.8 Å². The minimum atomic E-state index is -0.875. The average Bonchev–Trinajstić information content (AvgIpc) is 2.97. The first-order chi connectivity index (χ1) is 9.50. The maximum Gasteiger partial charge on any atom is 0.307 e. The summed E-state index contributed by atoms with van der Waals surface area (Å²) < 4.78 is 5.30. The molecule has 2 aliphatic carbocycles. The van der Waals surface area contributed by atoms with Gasteiger partial charge >= 0.3 is 5.97 Å². The third-order valence-corrected chi connectivity index (χ3v) is 3.94. The van der Waals surface area contributed by atoms with Gasteiger partial charge in [-0.25, -0.2) is 0 Å². The minimum absolute atomic E-state index is 0.00733. The zero-order chi connectivity index (χ0) is 14.7. The minimum Gasteiger partial charge on any atom is -0.481 e. The maximum absolute atomic E-state index is 12.2. The van der Waals surface area contributed by atoms with Crippen LogP contribution in [-0.4, -0.2) is 36.7 Å². The van der Waals surface area contributed by atoms with E-state index in [1.165, 1.54) is 0 Å². The van der Waals surface area contributed by atoms with Gasteiger partial charge in [0, 0.05) is 6.54 Å². The molecule has 5 nitrogen and oxygen atoms in total. The molecule has 2 N–H and O–H groups in total. The SMILES string of the molecule is C=C(C)COCCNC(=O)C1C2C=CC(C2)C1C(=O)O. The molecule has 2 bridgehead atoms. The number of aliphatic carboxylic acids is 1. The van der Waals surface area contributed by atoms with Crippen molar-refractivity contribution in [3.8, 4) is 0 Å². The van der Waals surface area contributed by atoms with E-state index >= 15 is 0 Å². The Labute approximate surface area is 118 Å². The van der Waals surface area contributed by atoms with E-state index in [2.05, 4.69) is 11.9 Å². The molecule has 110 valence electrons. The Morgan fingerprint density at radius 2 is 2.00 bits per heavy atom. The third kappa shape index (κ3) is 3.10. The number of ether oxygens (including phenoxy) is 1. The van der Waals surface area contributed by atoms with E-state index in [1.54, 1.807) is 0 Å². The van der Waals surface area contributed by atoms with Gasteiger partial charge in [-0.1, -0.05) is 24.3 Å². The molecular weight excluding hydrogens is 258 g/mol. The third-order valence-electron chi connectivity index (χ3n) is 3.94. The molecule has 1 amide bonds. The number of carbonyl (C=O) groups excluding carboxylic acids is 1. The van der Waals surface area contributed by atoms with Crippen LogP contribution in [0.5, 0.6) is 0 Å². The normalized spacial score (nSPS) is 30.4. The summed E-state index contributed by atoms with van der Waals surface area (Å²) in [5.74, 6) is -2.00. The summed E-state index contributed by atoms with van der Waals surface area (Å²) in [6, 6.07) is 0. The molecule has 2 aliphatic rings. The standard InChI is InChI=1S/C15H21NO4/c1-9(2)8-20-6-5-16-14(17)12-10-3-4-11(7-10)13(12)15(18)19/h3-4,10-13H,1,5-8H2,2H3,(H,16,17)(H,18,19). The molecule has 0 aromatic heterocycles. The summed E-state index contributed by atoms with van der Waals surface area (Å²) in [4.78, 5) is 23.5. The summed E-state index contributed by atoms with van der Waals surface area (Å²) in [7, 11) is 0. The lowest BCUT2D eigenvalue weighted by molar-refractivity contribution is -0.147. The topological polar surface area (TPSA) is 75.6 Å². The van der Waals surface area contributed by atoms with Gasteiger partial charge in [-0.05, 0) is 25.2 Å². The number of hydrogen-bond donors (Lipinski definition) is 2. The maximum atomic E-state index is 12.2. The van der Waals surface area contributed by atoms with Crippen LogP contribution in [-0.2, 0) is 14.3 Å². The van der Waals surface area contributed by atoms with Crippen LogP contribution in [0.15, 0.2) is 24.3 Å². The van der Waals surface area contributed by atoms with Crippen LogP contribution in [0.4, 0.5) is 0 Å². The number of amides is 1. The van der Waals surface area contributed by atoms with E-state index in [9.17, 15) is 14.7 Å². The van der Waals surface area contributed by atoms with E-state index in [1.807, 2.05) is 19.1 Å². The van der Waals surface area contributed by atoms with Crippen molar-refractivity contribution >= 4 is 11.9 Å². The Balaban J connectivity index is 1.81. The molecule has 4 unspecified atom stereocenters. The quantitative estimate of drug-likeness (QED) is 0.542. The molecule has 1 fully saturated rings. The Morgan fingerprint density at radius 3 is 2.60 bits per heavy atom. The van der Waals surface area contributed by atoms with Gasteiger partial charge in [0.1, 0.15) is 0 Å². The summed E-state index contributed by atoms with van der Waals surface area (Å²) in [6.07, 6.45) is 4.69. The second-order valence-corrected chi connectivity index (χ2v) is 5.64. The number of allylic oxidation sites excluding steroid dienone is 2. The van der Waals surface area contributed by atoms with Crippen LogP contribution < -0.4 is 5.32 Å². The molecule has 5 heteroatoms. The van der Waals surface area contributed by atoms with E-state index in [0.29, 0.717) is 19.8 Å². The van der Waals surface area contributed by atoms with Crippen LogP contribution in [0.2, 0.25) is 0 Å². The Morgan fingerprint density at radius 1 is 1.35 bits per heavy atom. The molecule has 0 aromatic rings. The summed E-state index contributed by atoms with van der Waals surface area (Å²) >= 11 is 0. The highest BCUT2D eigenvalue weighted by Crippen LogP contribution is 2.48. The van der Waals surface area contributed by atoms with Crippen LogP contribution in [0.25, 0.3) is 0 Å². The molecule has 0 aliphatic heterocycles. The first-order valence-corrected chi connectivity index (χ1v) is 6.91. The van der Waals surface area contributed by atoms with E-state index in [4.69, 9.17) is 4.74 Å².